The summed E-state index contributed by atoms with van der Waals surface area (Å²) in [6, 6.07) is 11.5. The number of ether oxygens (including phenoxy) is 4. The van der Waals surface area contributed by atoms with E-state index in [4.69, 9.17) is 18.9 Å². The van der Waals surface area contributed by atoms with E-state index in [2.05, 4.69) is 27.1 Å². The van der Waals surface area contributed by atoms with Crippen LogP contribution >= 0.6 is 0 Å². The minimum atomic E-state index is -0.377. The first-order valence-corrected chi connectivity index (χ1v) is 11.6. The van der Waals surface area contributed by atoms with Gasteiger partial charge in [0.05, 0.1) is 31.4 Å². The Labute approximate surface area is 207 Å². The fourth-order valence-electron chi connectivity index (χ4n) is 4.36. The maximum atomic E-state index is 12.9. The second-order valence-corrected chi connectivity index (χ2v) is 8.51. The number of hydrogen-bond acceptors (Lipinski definition) is 9. The molecule has 5 rings (SSSR count). The smallest absolute Gasteiger partial charge is 0.204 e. The molecule has 0 aliphatic heterocycles. The Hall–Kier alpha value is -4.11. The van der Waals surface area contributed by atoms with Crippen LogP contribution in [0.1, 0.15) is 17.5 Å². The monoisotopic (exact) mass is 487 g/mol. The molecular formula is C27H25N3O6. The first-order chi connectivity index (χ1) is 17.6. The minimum Gasteiger partial charge on any atom is -0.493 e. The SMILES string of the molecule is COCCOc1cc2ncnc(N=C3CC(=O)C(OC4Cc5ccccc5C4)=CC3=O)c2cc1OC. The van der Waals surface area contributed by atoms with Crippen LogP contribution in [0.5, 0.6) is 11.5 Å². The van der Waals surface area contributed by atoms with Crippen molar-refractivity contribution in [3.63, 3.8) is 0 Å². The summed E-state index contributed by atoms with van der Waals surface area (Å²) in [7, 11) is 3.12. The molecule has 0 radical (unpaired) electrons. The molecule has 9 nitrogen and oxygen atoms in total. The molecule has 2 aromatic carbocycles. The van der Waals surface area contributed by atoms with Crippen molar-refractivity contribution in [2.45, 2.75) is 25.4 Å². The molecule has 2 aliphatic rings. The van der Waals surface area contributed by atoms with Crippen LogP contribution in [-0.2, 0) is 31.9 Å². The Bertz CT molecular complexity index is 1370. The fourth-order valence-corrected chi connectivity index (χ4v) is 4.36. The number of hydrogen-bond donors (Lipinski definition) is 0. The zero-order valence-electron chi connectivity index (χ0n) is 20.0. The van der Waals surface area contributed by atoms with Crippen LogP contribution < -0.4 is 9.47 Å². The molecule has 0 bridgehead atoms. The number of allylic oxidation sites excluding steroid dienone is 2. The molecule has 0 fully saturated rings. The Balaban J connectivity index is 1.38. The van der Waals surface area contributed by atoms with Gasteiger partial charge < -0.3 is 18.9 Å². The van der Waals surface area contributed by atoms with Crippen molar-refractivity contribution in [1.29, 1.82) is 0 Å². The van der Waals surface area contributed by atoms with Gasteiger partial charge in [0.25, 0.3) is 0 Å². The standard InChI is InChI=1S/C27H25N3O6/c1-33-7-8-35-26-13-20-19(11-25(26)34-2)27(29-15-28-20)30-21-12-23(32)24(14-22(21)31)36-18-9-16-5-3-4-6-17(16)10-18/h3-6,11,13-15,18H,7-10,12H2,1-2H3. The number of carbonyl (C=O) groups is 2. The summed E-state index contributed by atoms with van der Waals surface area (Å²) in [5.41, 5.74) is 3.07. The highest BCUT2D eigenvalue weighted by Crippen LogP contribution is 2.35. The van der Waals surface area contributed by atoms with E-state index in [9.17, 15) is 9.59 Å². The van der Waals surface area contributed by atoms with Crippen LogP contribution in [-0.4, -0.2) is 60.8 Å². The van der Waals surface area contributed by atoms with Gasteiger partial charge >= 0.3 is 0 Å². The van der Waals surface area contributed by atoms with Crippen molar-refractivity contribution >= 4 is 34.0 Å². The molecule has 36 heavy (non-hydrogen) atoms. The third-order valence-corrected chi connectivity index (χ3v) is 6.14. The van der Waals surface area contributed by atoms with Crippen LogP contribution in [0, 0.1) is 0 Å². The molecule has 0 saturated carbocycles. The van der Waals surface area contributed by atoms with E-state index in [1.54, 1.807) is 19.2 Å². The molecule has 1 aromatic heterocycles. The second-order valence-electron chi connectivity index (χ2n) is 8.51. The molecule has 0 atom stereocenters. The number of rotatable bonds is 8. The van der Waals surface area contributed by atoms with E-state index in [1.165, 1.54) is 30.6 Å². The van der Waals surface area contributed by atoms with Gasteiger partial charge in [0, 0.05) is 37.5 Å². The lowest BCUT2D eigenvalue weighted by molar-refractivity contribution is -0.121. The molecule has 9 heteroatoms. The molecule has 0 N–H and O–H groups in total. The highest BCUT2D eigenvalue weighted by Gasteiger charge is 2.30. The maximum Gasteiger partial charge on any atom is 0.204 e. The molecule has 0 amide bonds. The molecule has 3 aromatic rings. The molecular weight excluding hydrogens is 462 g/mol. The van der Waals surface area contributed by atoms with Crippen molar-refractivity contribution in [2.75, 3.05) is 27.4 Å². The number of carbonyl (C=O) groups excluding carboxylic acids is 2. The van der Waals surface area contributed by atoms with E-state index in [1.807, 2.05) is 12.1 Å². The van der Waals surface area contributed by atoms with Gasteiger partial charge in [0.2, 0.25) is 11.6 Å². The first-order valence-electron chi connectivity index (χ1n) is 11.6. The van der Waals surface area contributed by atoms with Crippen LogP contribution in [0.25, 0.3) is 10.9 Å². The maximum absolute atomic E-state index is 12.9. The van der Waals surface area contributed by atoms with Crippen LogP contribution in [0.4, 0.5) is 5.82 Å². The summed E-state index contributed by atoms with van der Waals surface area (Å²) in [6.45, 7) is 0.770. The predicted octanol–water partition coefficient (Wildman–Crippen LogP) is 3.35. The molecule has 1 heterocycles. The Kier molecular flexibility index (Phi) is 6.73. The van der Waals surface area contributed by atoms with Crippen molar-refractivity contribution in [1.82, 2.24) is 9.97 Å². The zero-order valence-corrected chi connectivity index (χ0v) is 20.0. The van der Waals surface area contributed by atoms with Crippen molar-refractivity contribution in [3.8, 4) is 11.5 Å². The highest BCUT2D eigenvalue weighted by atomic mass is 16.5. The average molecular weight is 488 g/mol. The first kappa shape index (κ1) is 23.6. The number of benzene rings is 2. The van der Waals surface area contributed by atoms with Crippen LogP contribution in [0.3, 0.4) is 0 Å². The summed E-state index contributed by atoms with van der Waals surface area (Å²) in [5.74, 6) is 0.661. The van der Waals surface area contributed by atoms with Gasteiger partial charge in [-0.2, -0.15) is 0 Å². The lowest BCUT2D eigenvalue weighted by Crippen LogP contribution is -2.27. The molecule has 0 spiro atoms. The molecule has 2 aliphatic carbocycles. The van der Waals surface area contributed by atoms with Gasteiger partial charge in [-0.25, -0.2) is 15.0 Å². The summed E-state index contributed by atoms with van der Waals surface area (Å²) in [6.07, 6.45) is 3.68. The average Bonchev–Trinajstić information content (AvgIpc) is 3.29. The fraction of sp³-hybridized carbons (Fsp3) is 0.296. The van der Waals surface area contributed by atoms with E-state index < -0.39 is 0 Å². The predicted molar refractivity (Wildman–Crippen MR) is 132 cm³/mol. The Morgan fingerprint density at radius 3 is 2.50 bits per heavy atom. The molecule has 0 saturated heterocycles. The summed E-state index contributed by atoms with van der Waals surface area (Å²) >= 11 is 0. The molecule has 184 valence electrons. The van der Waals surface area contributed by atoms with Gasteiger partial charge in [-0.1, -0.05) is 24.3 Å². The number of aliphatic imine (C=N–C) groups is 1. The van der Waals surface area contributed by atoms with E-state index in [-0.39, 0.29) is 41.4 Å². The zero-order chi connectivity index (χ0) is 25.1. The third-order valence-electron chi connectivity index (χ3n) is 6.14. The summed E-state index contributed by atoms with van der Waals surface area (Å²) in [5, 5.41) is 0.566. The summed E-state index contributed by atoms with van der Waals surface area (Å²) in [4.78, 5) is 38.7. The Morgan fingerprint density at radius 2 is 1.78 bits per heavy atom. The quantitative estimate of drug-likeness (QED) is 0.445. The van der Waals surface area contributed by atoms with Gasteiger partial charge in [-0.3, -0.25) is 9.59 Å². The highest BCUT2D eigenvalue weighted by molar-refractivity contribution is 6.50. The number of methoxy groups -OCH3 is 2. The second kappa shape index (κ2) is 10.2. The van der Waals surface area contributed by atoms with E-state index in [0.29, 0.717) is 48.5 Å². The number of nitrogens with zero attached hydrogens (tertiary/aromatic N) is 3. The summed E-state index contributed by atoms with van der Waals surface area (Å²) < 4.78 is 22.1. The van der Waals surface area contributed by atoms with Gasteiger partial charge in [-0.05, 0) is 17.2 Å². The van der Waals surface area contributed by atoms with E-state index in [0.717, 1.165) is 0 Å². The normalized spacial score (nSPS) is 16.8. The topological polar surface area (TPSA) is 109 Å². The van der Waals surface area contributed by atoms with Gasteiger partial charge in [0.15, 0.2) is 23.1 Å². The van der Waals surface area contributed by atoms with Crippen molar-refractivity contribution in [3.05, 3.63) is 65.7 Å². The van der Waals surface area contributed by atoms with Gasteiger partial charge in [0.1, 0.15) is 19.0 Å². The van der Waals surface area contributed by atoms with Gasteiger partial charge in [-0.15, -0.1) is 0 Å². The number of Topliss-reactive ketones (excluding diaryl/α,β-unsaturated/α-hetero) is 1. The van der Waals surface area contributed by atoms with Crippen LogP contribution in [0.2, 0.25) is 0 Å². The lowest BCUT2D eigenvalue weighted by Gasteiger charge is -2.18. The third kappa shape index (κ3) is 4.83. The Morgan fingerprint density at radius 1 is 1.00 bits per heavy atom. The minimum absolute atomic E-state index is 0.0869. The van der Waals surface area contributed by atoms with Crippen molar-refractivity contribution in [2.24, 2.45) is 4.99 Å². The lowest BCUT2D eigenvalue weighted by atomic mass is 10.0. The largest absolute Gasteiger partial charge is 0.493 e. The number of fused-ring (bicyclic) bond motifs is 2. The van der Waals surface area contributed by atoms with Crippen molar-refractivity contribution < 1.29 is 28.5 Å². The number of ketones is 2. The number of aromatic nitrogens is 2. The van der Waals surface area contributed by atoms with Crippen LogP contribution in [0.15, 0.2) is 59.6 Å². The molecule has 0 unspecified atom stereocenters. The van der Waals surface area contributed by atoms with E-state index >= 15 is 0 Å².